The van der Waals surface area contributed by atoms with Crippen LogP contribution in [0.2, 0.25) is 0 Å². The number of hydrogen-bond acceptors (Lipinski definition) is 3. The third-order valence-electron chi connectivity index (χ3n) is 3.55. The van der Waals surface area contributed by atoms with Crippen molar-refractivity contribution in [2.75, 3.05) is 19.0 Å². The average molecular weight is 237 g/mol. The van der Waals surface area contributed by atoms with E-state index in [4.69, 9.17) is 4.74 Å². The Labute approximate surface area is 103 Å². The molecule has 2 unspecified atom stereocenters. The van der Waals surface area contributed by atoms with E-state index in [0.29, 0.717) is 24.1 Å². The van der Waals surface area contributed by atoms with Gasteiger partial charge in [-0.3, -0.25) is 0 Å². The zero-order chi connectivity index (χ0) is 12.6. The molecule has 1 heterocycles. The fourth-order valence-corrected chi connectivity index (χ4v) is 2.15. The second kappa shape index (κ2) is 4.33. The molecule has 0 radical (unpaired) electrons. The van der Waals surface area contributed by atoms with Crippen LogP contribution in [0.4, 0.5) is 5.95 Å². The lowest BCUT2D eigenvalue weighted by Crippen LogP contribution is -2.17. The fraction of sp³-hybridized carbons (Fsp3) is 0.769. The summed E-state index contributed by atoms with van der Waals surface area (Å²) in [6.07, 6.45) is 3.30. The van der Waals surface area contributed by atoms with Gasteiger partial charge in [0.05, 0.1) is 18.3 Å². The molecule has 1 aromatic heterocycles. The van der Waals surface area contributed by atoms with Crippen LogP contribution in [-0.2, 0) is 4.74 Å². The van der Waals surface area contributed by atoms with Gasteiger partial charge in [-0.25, -0.2) is 4.98 Å². The van der Waals surface area contributed by atoms with E-state index in [2.05, 4.69) is 41.8 Å². The summed E-state index contributed by atoms with van der Waals surface area (Å²) in [6.45, 7) is 9.44. The van der Waals surface area contributed by atoms with Crippen LogP contribution in [-0.4, -0.2) is 29.3 Å². The van der Waals surface area contributed by atoms with Crippen LogP contribution in [0.1, 0.15) is 38.9 Å². The summed E-state index contributed by atoms with van der Waals surface area (Å²) >= 11 is 0. The van der Waals surface area contributed by atoms with Crippen molar-refractivity contribution >= 4 is 5.95 Å². The summed E-state index contributed by atoms with van der Waals surface area (Å²) in [5.74, 6) is 0.975. The molecule has 2 rings (SSSR count). The van der Waals surface area contributed by atoms with Gasteiger partial charge in [-0.1, -0.05) is 13.8 Å². The molecule has 2 atom stereocenters. The number of ether oxygens (including phenoxy) is 1. The number of anilines is 1. The SMILES string of the molecule is COCC(C)n1cc(C)nc1NC1CC1(C)C. The summed E-state index contributed by atoms with van der Waals surface area (Å²) in [4.78, 5) is 4.56. The summed E-state index contributed by atoms with van der Waals surface area (Å²) in [7, 11) is 1.73. The molecule has 0 amide bonds. The van der Waals surface area contributed by atoms with Gasteiger partial charge in [0.1, 0.15) is 0 Å². The minimum Gasteiger partial charge on any atom is -0.383 e. The Kier molecular flexibility index (Phi) is 3.17. The highest BCUT2D eigenvalue weighted by Crippen LogP contribution is 2.46. The Morgan fingerprint density at radius 1 is 1.65 bits per heavy atom. The summed E-state index contributed by atoms with van der Waals surface area (Å²) in [5, 5.41) is 3.53. The largest absolute Gasteiger partial charge is 0.383 e. The number of aryl methyl sites for hydroxylation is 1. The van der Waals surface area contributed by atoms with Gasteiger partial charge >= 0.3 is 0 Å². The van der Waals surface area contributed by atoms with Crippen LogP contribution in [0.3, 0.4) is 0 Å². The Bertz CT molecular complexity index is 397. The Hall–Kier alpha value is -1.03. The number of nitrogens with one attached hydrogen (secondary N) is 1. The highest BCUT2D eigenvalue weighted by Gasteiger charge is 2.46. The molecular weight excluding hydrogens is 214 g/mol. The Balaban J connectivity index is 2.10. The number of rotatable bonds is 5. The van der Waals surface area contributed by atoms with E-state index in [1.54, 1.807) is 7.11 Å². The quantitative estimate of drug-likeness (QED) is 0.855. The van der Waals surface area contributed by atoms with Crippen molar-refractivity contribution in [2.24, 2.45) is 5.41 Å². The molecule has 1 fully saturated rings. The molecule has 0 saturated heterocycles. The molecule has 4 nitrogen and oxygen atoms in total. The van der Waals surface area contributed by atoms with Crippen LogP contribution in [0.15, 0.2) is 6.20 Å². The number of nitrogens with zero attached hydrogens (tertiary/aromatic N) is 2. The molecule has 0 aliphatic heterocycles. The van der Waals surface area contributed by atoms with E-state index in [1.165, 1.54) is 6.42 Å². The maximum Gasteiger partial charge on any atom is 0.203 e. The van der Waals surface area contributed by atoms with Crippen LogP contribution < -0.4 is 5.32 Å². The van der Waals surface area contributed by atoms with E-state index < -0.39 is 0 Å². The average Bonchev–Trinajstić information content (AvgIpc) is 2.67. The van der Waals surface area contributed by atoms with E-state index in [-0.39, 0.29) is 0 Å². The Morgan fingerprint density at radius 2 is 2.29 bits per heavy atom. The molecule has 96 valence electrons. The van der Waals surface area contributed by atoms with Gasteiger partial charge in [0, 0.05) is 19.3 Å². The van der Waals surface area contributed by atoms with Crippen LogP contribution in [0.5, 0.6) is 0 Å². The molecule has 4 heteroatoms. The van der Waals surface area contributed by atoms with Crippen molar-refractivity contribution in [3.8, 4) is 0 Å². The molecule has 0 spiro atoms. The van der Waals surface area contributed by atoms with Crippen LogP contribution in [0, 0.1) is 12.3 Å². The van der Waals surface area contributed by atoms with Gasteiger partial charge in [0.15, 0.2) is 0 Å². The van der Waals surface area contributed by atoms with Crippen molar-refractivity contribution in [1.82, 2.24) is 9.55 Å². The standard InChI is InChI=1S/C13H23N3O/c1-9-7-16(10(2)8-17-5)12(14-9)15-11-6-13(11,3)4/h7,10-11H,6,8H2,1-5H3,(H,14,15). The van der Waals surface area contributed by atoms with E-state index >= 15 is 0 Å². The number of imidazole rings is 1. The van der Waals surface area contributed by atoms with Crippen molar-refractivity contribution < 1.29 is 4.74 Å². The monoisotopic (exact) mass is 237 g/mol. The molecule has 17 heavy (non-hydrogen) atoms. The minimum atomic E-state index is 0.311. The van der Waals surface area contributed by atoms with Gasteiger partial charge in [-0.15, -0.1) is 0 Å². The molecular formula is C13H23N3O. The van der Waals surface area contributed by atoms with Crippen LogP contribution in [0.25, 0.3) is 0 Å². The van der Waals surface area contributed by atoms with Crippen molar-refractivity contribution in [3.63, 3.8) is 0 Å². The van der Waals surface area contributed by atoms with E-state index in [9.17, 15) is 0 Å². The van der Waals surface area contributed by atoms with Crippen molar-refractivity contribution in [3.05, 3.63) is 11.9 Å². The second-order valence-electron chi connectivity index (χ2n) is 5.81. The minimum absolute atomic E-state index is 0.311. The first-order chi connectivity index (χ1) is 7.94. The maximum absolute atomic E-state index is 5.21. The topological polar surface area (TPSA) is 39.1 Å². The maximum atomic E-state index is 5.21. The fourth-order valence-electron chi connectivity index (χ4n) is 2.15. The predicted molar refractivity (Wildman–Crippen MR) is 69.4 cm³/mol. The molecule has 1 aliphatic carbocycles. The normalized spacial score (nSPS) is 23.5. The summed E-state index contributed by atoms with van der Waals surface area (Å²) < 4.78 is 7.38. The highest BCUT2D eigenvalue weighted by atomic mass is 16.5. The van der Waals surface area contributed by atoms with Gasteiger partial charge in [0.25, 0.3) is 0 Å². The van der Waals surface area contributed by atoms with E-state index in [1.807, 2.05) is 6.92 Å². The summed E-state index contributed by atoms with van der Waals surface area (Å²) in [6, 6.07) is 0.864. The third-order valence-corrected chi connectivity index (χ3v) is 3.55. The third kappa shape index (κ3) is 2.63. The molecule has 0 aromatic carbocycles. The van der Waals surface area contributed by atoms with E-state index in [0.717, 1.165) is 11.6 Å². The lowest BCUT2D eigenvalue weighted by Gasteiger charge is -2.16. The lowest BCUT2D eigenvalue weighted by molar-refractivity contribution is 0.163. The predicted octanol–water partition coefficient (Wildman–Crippen LogP) is 2.61. The zero-order valence-electron chi connectivity index (χ0n) is 11.4. The van der Waals surface area contributed by atoms with Gasteiger partial charge < -0.3 is 14.6 Å². The van der Waals surface area contributed by atoms with Crippen LogP contribution >= 0.6 is 0 Å². The first-order valence-electron chi connectivity index (χ1n) is 6.25. The smallest absolute Gasteiger partial charge is 0.203 e. The zero-order valence-corrected chi connectivity index (χ0v) is 11.4. The first kappa shape index (κ1) is 12.4. The first-order valence-corrected chi connectivity index (χ1v) is 6.25. The Morgan fingerprint density at radius 3 is 2.82 bits per heavy atom. The molecule has 1 N–H and O–H groups in total. The second-order valence-corrected chi connectivity index (χ2v) is 5.81. The number of aromatic nitrogens is 2. The number of methoxy groups -OCH3 is 1. The van der Waals surface area contributed by atoms with Gasteiger partial charge in [-0.2, -0.15) is 0 Å². The lowest BCUT2D eigenvalue weighted by atomic mass is 10.2. The number of hydrogen-bond donors (Lipinski definition) is 1. The molecule has 1 saturated carbocycles. The summed E-state index contributed by atoms with van der Waals surface area (Å²) in [5.41, 5.74) is 1.46. The van der Waals surface area contributed by atoms with Gasteiger partial charge in [-0.05, 0) is 25.7 Å². The molecule has 1 aromatic rings. The van der Waals surface area contributed by atoms with Crippen molar-refractivity contribution in [2.45, 2.75) is 46.2 Å². The molecule has 1 aliphatic rings. The van der Waals surface area contributed by atoms with Gasteiger partial charge in [0.2, 0.25) is 5.95 Å². The highest BCUT2D eigenvalue weighted by molar-refractivity contribution is 5.35. The molecule has 0 bridgehead atoms. The van der Waals surface area contributed by atoms with Crippen molar-refractivity contribution in [1.29, 1.82) is 0 Å².